The summed E-state index contributed by atoms with van der Waals surface area (Å²) in [5.74, 6) is 0. The third kappa shape index (κ3) is 1.85. The molecule has 6 heteroatoms. The zero-order valence-electron chi connectivity index (χ0n) is 6.26. The summed E-state index contributed by atoms with van der Waals surface area (Å²) in [6.45, 7) is 0. The first-order valence-electron chi connectivity index (χ1n) is 3.20. The number of pyridine rings is 1. The molecule has 13 heavy (non-hydrogen) atoms. The molecule has 0 unspecified atom stereocenters. The Bertz CT molecular complexity index is 373. The quantitative estimate of drug-likeness (QED) is 0.637. The highest BCUT2D eigenvalue weighted by Gasteiger charge is 2.17. The maximum Gasteiger partial charge on any atom is 0.266 e. The van der Waals surface area contributed by atoms with Crippen LogP contribution in [-0.4, -0.2) is 4.98 Å². The van der Waals surface area contributed by atoms with Crippen molar-refractivity contribution in [3.63, 3.8) is 0 Å². The Morgan fingerprint density at radius 2 is 2.23 bits per heavy atom. The molecular formula is C7H4F2IN3. The Morgan fingerprint density at radius 1 is 1.62 bits per heavy atom. The van der Waals surface area contributed by atoms with E-state index in [1.54, 1.807) is 28.7 Å². The van der Waals surface area contributed by atoms with E-state index in [4.69, 9.17) is 11.0 Å². The van der Waals surface area contributed by atoms with Crippen molar-refractivity contribution in [1.82, 2.24) is 4.98 Å². The average Bonchev–Trinajstić information content (AvgIpc) is 2.09. The number of nitrogen functional groups attached to an aromatic ring is 1. The predicted octanol–water partition coefficient (Wildman–Crippen LogP) is 2.08. The molecule has 0 atom stereocenters. The van der Waals surface area contributed by atoms with Crippen molar-refractivity contribution in [2.75, 3.05) is 5.73 Å². The number of nitrogens with two attached hydrogens (primary N) is 1. The first-order valence-corrected chi connectivity index (χ1v) is 4.28. The fourth-order valence-corrected chi connectivity index (χ4v) is 1.22. The number of rotatable bonds is 1. The molecule has 3 nitrogen and oxygen atoms in total. The summed E-state index contributed by atoms with van der Waals surface area (Å²) in [7, 11) is 0. The maximum absolute atomic E-state index is 12.3. The molecular weight excluding hydrogens is 291 g/mol. The van der Waals surface area contributed by atoms with Crippen molar-refractivity contribution in [2.45, 2.75) is 6.43 Å². The highest BCUT2D eigenvalue weighted by molar-refractivity contribution is 14.1. The van der Waals surface area contributed by atoms with Gasteiger partial charge in [0.15, 0.2) is 0 Å². The Labute approximate surface area is 86.7 Å². The predicted molar refractivity (Wildman–Crippen MR) is 51.0 cm³/mol. The van der Waals surface area contributed by atoms with Crippen molar-refractivity contribution >= 4 is 28.3 Å². The fraction of sp³-hybridized carbons (Fsp3) is 0.143. The van der Waals surface area contributed by atoms with Crippen molar-refractivity contribution in [3.8, 4) is 6.07 Å². The molecule has 0 fully saturated rings. The monoisotopic (exact) mass is 295 g/mol. The molecule has 1 heterocycles. The lowest BCUT2D eigenvalue weighted by atomic mass is 10.1. The number of hydrogen-bond donors (Lipinski definition) is 1. The second kappa shape index (κ2) is 3.83. The van der Waals surface area contributed by atoms with Gasteiger partial charge in [0.2, 0.25) is 0 Å². The van der Waals surface area contributed by atoms with Gasteiger partial charge in [-0.3, -0.25) is 0 Å². The molecule has 0 aromatic carbocycles. The van der Waals surface area contributed by atoms with E-state index in [-0.39, 0.29) is 11.3 Å². The smallest absolute Gasteiger partial charge is 0.266 e. The maximum atomic E-state index is 12.3. The lowest BCUT2D eigenvalue weighted by Crippen LogP contribution is -2.02. The summed E-state index contributed by atoms with van der Waals surface area (Å²) in [4.78, 5) is 3.64. The van der Waals surface area contributed by atoms with Crippen molar-refractivity contribution < 1.29 is 8.78 Å². The van der Waals surface area contributed by atoms with E-state index in [1.165, 1.54) is 0 Å². The molecule has 0 radical (unpaired) electrons. The number of anilines is 1. The van der Waals surface area contributed by atoms with Crippen LogP contribution in [0.25, 0.3) is 0 Å². The molecule has 1 rings (SSSR count). The molecule has 0 bridgehead atoms. The third-order valence-electron chi connectivity index (χ3n) is 1.44. The molecule has 0 aliphatic rings. The first kappa shape index (κ1) is 10.1. The lowest BCUT2D eigenvalue weighted by Gasteiger charge is -2.05. The van der Waals surface area contributed by atoms with Crippen LogP contribution in [0.1, 0.15) is 17.6 Å². The van der Waals surface area contributed by atoms with Gasteiger partial charge in [0.05, 0.1) is 16.8 Å². The fourth-order valence-electron chi connectivity index (χ4n) is 0.809. The van der Waals surface area contributed by atoms with E-state index >= 15 is 0 Å². The topological polar surface area (TPSA) is 62.7 Å². The SMILES string of the molecule is N#Cc1c(C(F)F)cnc(I)c1N. The largest absolute Gasteiger partial charge is 0.396 e. The van der Waals surface area contributed by atoms with Gasteiger partial charge in [-0.2, -0.15) is 5.26 Å². The zero-order chi connectivity index (χ0) is 10.0. The Kier molecular flexibility index (Phi) is 2.98. The molecule has 0 aliphatic heterocycles. The number of hydrogen-bond acceptors (Lipinski definition) is 3. The Hall–Kier alpha value is -0.970. The van der Waals surface area contributed by atoms with E-state index < -0.39 is 12.0 Å². The summed E-state index contributed by atoms with van der Waals surface area (Å²) in [6, 6.07) is 1.64. The standard InChI is InChI=1S/C7H4F2IN3/c8-6(9)4-2-13-7(10)5(12)3(4)1-11/h2,6H,12H2. The minimum atomic E-state index is -2.72. The average molecular weight is 295 g/mol. The molecule has 1 aromatic heterocycles. The van der Waals surface area contributed by atoms with Crippen LogP contribution < -0.4 is 5.73 Å². The molecule has 0 amide bonds. The third-order valence-corrected chi connectivity index (χ3v) is 2.30. The van der Waals surface area contributed by atoms with Gasteiger partial charge in [-0.15, -0.1) is 0 Å². The van der Waals surface area contributed by atoms with Gasteiger partial charge >= 0.3 is 0 Å². The van der Waals surface area contributed by atoms with Crippen LogP contribution in [0.5, 0.6) is 0 Å². The van der Waals surface area contributed by atoms with Gasteiger partial charge in [0, 0.05) is 6.20 Å². The van der Waals surface area contributed by atoms with Crippen LogP contribution in [0.15, 0.2) is 6.20 Å². The van der Waals surface area contributed by atoms with E-state index in [9.17, 15) is 8.78 Å². The molecule has 2 N–H and O–H groups in total. The van der Waals surface area contributed by atoms with Crippen LogP contribution >= 0.6 is 22.6 Å². The number of halogens is 3. The van der Waals surface area contributed by atoms with Crippen LogP contribution in [0, 0.1) is 15.0 Å². The summed E-state index contributed by atoms with van der Waals surface area (Å²) < 4.78 is 24.9. The van der Waals surface area contributed by atoms with Crippen molar-refractivity contribution in [3.05, 3.63) is 21.0 Å². The Morgan fingerprint density at radius 3 is 2.69 bits per heavy atom. The Balaban J connectivity index is 3.41. The number of nitriles is 1. The highest BCUT2D eigenvalue weighted by Crippen LogP contribution is 2.27. The molecule has 0 aliphatic carbocycles. The van der Waals surface area contributed by atoms with Crippen molar-refractivity contribution in [2.24, 2.45) is 0 Å². The molecule has 0 saturated carbocycles. The second-order valence-corrected chi connectivity index (χ2v) is 3.23. The first-order chi connectivity index (χ1) is 6.07. The van der Waals surface area contributed by atoms with Gasteiger partial charge in [0.1, 0.15) is 9.77 Å². The number of aromatic nitrogens is 1. The second-order valence-electron chi connectivity index (χ2n) is 2.21. The van der Waals surface area contributed by atoms with Gasteiger partial charge in [-0.05, 0) is 22.6 Å². The number of nitrogens with zero attached hydrogens (tertiary/aromatic N) is 2. The molecule has 68 valence electrons. The molecule has 0 saturated heterocycles. The summed E-state index contributed by atoms with van der Waals surface area (Å²) >= 11 is 1.78. The minimum absolute atomic E-state index is 0.0147. The molecule has 1 aromatic rings. The summed E-state index contributed by atoms with van der Waals surface area (Å²) in [6.07, 6.45) is -1.75. The van der Waals surface area contributed by atoms with E-state index in [2.05, 4.69) is 4.98 Å². The van der Waals surface area contributed by atoms with Crippen LogP contribution in [0.2, 0.25) is 0 Å². The highest BCUT2D eigenvalue weighted by atomic mass is 127. The van der Waals surface area contributed by atoms with Crippen LogP contribution in [-0.2, 0) is 0 Å². The van der Waals surface area contributed by atoms with E-state index in [1.807, 2.05) is 0 Å². The van der Waals surface area contributed by atoms with Crippen LogP contribution in [0.4, 0.5) is 14.5 Å². The zero-order valence-corrected chi connectivity index (χ0v) is 8.42. The minimum Gasteiger partial charge on any atom is -0.396 e. The molecule has 0 spiro atoms. The van der Waals surface area contributed by atoms with Crippen molar-refractivity contribution in [1.29, 1.82) is 5.26 Å². The van der Waals surface area contributed by atoms with E-state index in [0.29, 0.717) is 3.70 Å². The van der Waals surface area contributed by atoms with Crippen LogP contribution in [0.3, 0.4) is 0 Å². The summed E-state index contributed by atoms with van der Waals surface area (Å²) in [5, 5.41) is 8.58. The van der Waals surface area contributed by atoms with Gasteiger partial charge in [0.25, 0.3) is 6.43 Å². The van der Waals surface area contributed by atoms with Gasteiger partial charge in [-0.1, -0.05) is 0 Å². The summed E-state index contributed by atoms with van der Waals surface area (Å²) in [5.41, 5.74) is 4.82. The van der Waals surface area contributed by atoms with E-state index in [0.717, 1.165) is 6.20 Å². The lowest BCUT2D eigenvalue weighted by molar-refractivity contribution is 0.150. The van der Waals surface area contributed by atoms with Gasteiger partial charge < -0.3 is 5.73 Å². The number of alkyl halides is 2. The van der Waals surface area contributed by atoms with Gasteiger partial charge in [-0.25, -0.2) is 13.8 Å². The normalized spacial score (nSPS) is 10.1.